The van der Waals surface area contributed by atoms with Gasteiger partial charge < -0.3 is 0 Å². The van der Waals surface area contributed by atoms with Gasteiger partial charge in [-0.25, -0.2) is 8.78 Å². The fourth-order valence-electron chi connectivity index (χ4n) is 4.15. The summed E-state index contributed by atoms with van der Waals surface area (Å²) >= 11 is 6.04. The first-order chi connectivity index (χ1) is 17.6. The average molecular weight is 528 g/mol. The Morgan fingerprint density at radius 1 is 0.865 bits per heavy atom. The van der Waals surface area contributed by atoms with Gasteiger partial charge in [-0.2, -0.15) is 18.4 Å². The van der Waals surface area contributed by atoms with E-state index in [4.69, 9.17) is 11.6 Å². The van der Waals surface area contributed by atoms with E-state index in [-0.39, 0.29) is 24.1 Å². The van der Waals surface area contributed by atoms with Gasteiger partial charge >= 0.3 is 6.18 Å². The number of aromatic nitrogens is 1. The van der Waals surface area contributed by atoms with Crippen LogP contribution in [0.2, 0.25) is 5.02 Å². The monoisotopic (exact) mass is 527 g/mol. The minimum Gasteiger partial charge on any atom is -0.298 e. The molecule has 0 aliphatic rings. The van der Waals surface area contributed by atoms with Crippen LogP contribution in [-0.2, 0) is 24.7 Å². The second-order valence-corrected chi connectivity index (χ2v) is 8.87. The minimum absolute atomic E-state index is 0.00393. The molecule has 4 rings (SSSR count). The number of halogens is 6. The van der Waals surface area contributed by atoms with Gasteiger partial charge in [0.05, 0.1) is 27.4 Å². The molecule has 3 aromatic carbocycles. The highest BCUT2D eigenvalue weighted by atomic mass is 35.5. The molecule has 37 heavy (non-hydrogen) atoms. The van der Waals surface area contributed by atoms with Crippen LogP contribution in [-0.4, -0.2) is 4.98 Å². The standard InChI is InChI=1S/C28H19ClF5N3/c29-23-7-9-26(36-17-23)27(14-18-4-2-1-3-5-18,21-11-22(28(32,33)34)13-24(30)12-21)37-16-19-6-8-25(31)20(10-19)15-35/h1-13,17,37H,14,16H2. The Labute approximate surface area is 215 Å². The number of hydrogen-bond acceptors (Lipinski definition) is 3. The Kier molecular flexibility index (Phi) is 7.58. The van der Waals surface area contributed by atoms with E-state index in [1.165, 1.54) is 18.3 Å². The van der Waals surface area contributed by atoms with E-state index in [2.05, 4.69) is 10.3 Å². The molecule has 0 saturated heterocycles. The second kappa shape index (κ2) is 10.7. The van der Waals surface area contributed by atoms with Crippen LogP contribution in [0.15, 0.2) is 85.1 Å². The largest absolute Gasteiger partial charge is 0.416 e. The Hall–Kier alpha value is -3.80. The van der Waals surface area contributed by atoms with Gasteiger partial charge in [-0.1, -0.05) is 48.0 Å². The number of alkyl halides is 3. The van der Waals surface area contributed by atoms with E-state index in [0.717, 1.165) is 23.8 Å². The van der Waals surface area contributed by atoms with E-state index in [1.807, 2.05) is 0 Å². The second-order valence-electron chi connectivity index (χ2n) is 8.44. The third kappa shape index (κ3) is 5.96. The zero-order valence-electron chi connectivity index (χ0n) is 19.2. The smallest absolute Gasteiger partial charge is 0.298 e. The number of nitrogens with zero attached hydrogens (tertiary/aromatic N) is 2. The first-order valence-corrected chi connectivity index (χ1v) is 11.5. The maximum Gasteiger partial charge on any atom is 0.416 e. The van der Waals surface area contributed by atoms with E-state index >= 15 is 0 Å². The Morgan fingerprint density at radius 2 is 1.59 bits per heavy atom. The van der Waals surface area contributed by atoms with Gasteiger partial charge in [-0.15, -0.1) is 0 Å². The van der Waals surface area contributed by atoms with Crippen LogP contribution in [0.1, 0.15) is 33.5 Å². The van der Waals surface area contributed by atoms with Crippen molar-refractivity contribution >= 4 is 11.6 Å². The molecule has 0 bridgehead atoms. The van der Waals surface area contributed by atoms with Gasteiger partial charge in [0.25, 0.3) is 0 Å². The van der Waals surface area contributed by atoms with Crippen LogP contribution < -0.4 is 5.32 Å². The highest BCUT2D eigenvalue weighted by Crippen LogP contribution is 2.38. The van der Waals surface area contributed by atoms with Gasteiger partial charge in [0.1, 0.15) is 17.7 Å². The molecule has 9 heteroatoms. The summed E-state index contributed by atoms with van der Waals surface area (Å²) in [5.41, 5.74) is -1.27. The number of nitriles is 1. The minimum atomic E-state index is -4.79. The van der Waals surface area contributed by atoms with Crippen molar-refractivity contribution in [3.05, 3.63) is 135 Å². The molecule has 3 nitrogen and oxygen atoms in total. The highest BCUT2D eigenvalue weighted by Gasteiger charge is 2.39. The van der Waals surface area contributed by atoms with Crippen LogP contribution in [0.3, 0.4) is 0 Å². The molecule has 1 N–H and O–H groups in total. The van der Waals surface area contributed by atoms with Gasteiger partial charge in [-0.3, -0.25) is 10.3 Å². The third-order valence-corrected chi connectivity index (χ3v) is 6.16. The molecule has 0 saturated carbocycles. The predicted molar refractivity (Wildman–Crippen MR) is 130 cm³/mol. The van der Waals surface area contributed by atoms with Gasteiger partial charge in [0, 0.05) is 19.2 Å². The van der Waals surface area contributed by atoms with Crippen molar-refractivity contribution in [2.24, 2.45) is 0 Å². The summed E-state index contributed by atoms with van der Waals surface area (Å²) in [5.74, 6) is -1.76. The molecule has 4 aromatic rings. The molecule has 0 aliphatic heterocycles. The first kappa shape index (κ1) is 26.3. The van der Waals surface area contributed by atoms with E-state index in [0.29, 0.717) is 22.3 Å². The number of nitrogens with one attached hydrogen (secondary N) is 1. The zero-order chi connectivity index (χ0) is 26.6. The van der Waals surface area contributed by atoms with Crippen molar-refractivity contribution in [2.45, 2.75) is 24.7 Å². The van der Waals surface area contributed by atoms with Gasteiger partial charge in [0.2, 0.25) is 0 Å². The summed E-state index contributed by atoms with van der Waals surface area (Å²) in [4.78, 5) is 4.39. The van der Waals surface area contributed by atoms with Crippen molar-refractivity contribution in [1.82, 2.24) is 10.3 Å². The lowest BCUT2D eigenvalue weighted by molar-refractivity contribution is -0.137. The van der Waals surface area contributed by atoms with E-state index in [1.54, 1.807) is 48.5 Å². The zero-order valence-corrected chi connectivity index (χ0v) is 19.9. The molecular formula is C28H19ClF5N3. The third-order valence-electron chi connectivity index (χ3n) is 5.94. The van der Waals surface area contributed by atoms with Gasteiger partial charge in [0.15, 0.2) is 0 Å². The van der Waals surface area contributed by atoms with E-state index < -0.39 is 28.9 Å². The molecule has 188 valence electrons. The van der Waals surface area contributed by atoms with Crippen molar-refractivity contribution in [3.63, 3.8) is 0 Å². The summed E-state index contributed by atoms with van der Waals surface area (Å²) in [6.07, 6.45) is -3.34. The Morgan fingerprint density at radius 3 is 2.24 bits per heavy atom. The quantitative estimate of drug-likeness (QED) is 0.259. The molecule has 0 fully saturated rings. The maximum absolute atomic E-state index is 14.7. The molecule has 0 radical (unpaired) electrons. The lowest BCUT2D eigenvalue weighted by Gasteiger charge is -2.36. The van der Waals surface area contributed by atoms with Crippen LogP contribution in [0, 0.1) is 23.0 Å². The van der Waals surface area contributed by atoms with Gasteiger partial charge in [-0.05, 0) is 59.2 Å². The predicted octanol–water partition coefficient (Wildman–Crippen LogP) is 7.18. The van der Waals surface area contributed by atoms with Crippen molar-refractivity contribution in [2.75, 3.05) is 0 Å². The summed E-state index contributed by atoms with van der Waals surface area (Å²) in [5, 5.41) is 12.8. The molecule has 1 aromatic heterocycles. The fraction of sp³-hybridized carbons (Fsp3) is 0.143. The highest BCUT2D eigenvalue weighted by molar-refractivity contribution is 6.30. The SMILES string of the molecule is N#Cc1cc(CNC(Cc2ccccc2)(c2cc(F)cc(C(F)(F)F)c2)c2ccc(Cl)cn2)ccc1F. The lowest BCUT2D eigenvalue weighted by atomic mass is 9.79. The molecular weight excluding hydrogens is 509 g/mol. The summed E-state index contributed by atoms with van der Waals surface area (Å²) in [7, 11) is 0. The van der Waals surface area contributed by atoms with Crippen molar-refractivity contribution in [3.8, 4) is 6.07 Å². The number of rotatable bonds is 7. The molecule has 0 spiro atoms. The summed E-state index contributed by atoms with van der Waals surface area (Å²) < 4.78 is 69.7. The topological polar surface area (TPSA) is 48.7 Å². The average Bonchev–Trinajstić information content (AvgIpc) is 2.87. The van der Waals surface area contributed by atoms with Crippen LogP contribution in [0.25, 0.3) is 0 Å². The first-order valence-electron chi connectivity index (χ1n) is 11.1. The fourth-order valence-corrected chi connectivity index (χ4v) is 4.26. The number of pyridine rings is 1. The molecule has 1 unspecified atom stereocenters. The van der Waals surface area contributed by atoms with Crippen molar-refractivity contribution < 1.29 is 22.0 Å². The maximum atomic E-state index is 14.7. The summed E-state index contributed by atoms with van der Waals surface area (Å²) in [6.45, 7) is 0.00393. The lowest BCUT2D eigenvalue weighted by Crippen LogP contribution is -2.46. The van der Waals surface area contributed by atoms with Crippen LogP contribution in [0.5, 0.6) is 0 Å². The summed E-state index contributed by atoms with van der Waals surface area (Å²) in [6, 6.07) is 20.1. The number of hydrogen-bond donors (Lipinski definition) is 1. The normalized spacial score (nSPS) is 13.1. The van der Waals surface area contributed by atoms with E-state index in [9.17, 15) is 27.2 Å². The van der Waals surface area contributed by atoms with Crippen LogP contribution >= 0.6 is 11.6 Å². The van der Waals surface area contributed by atoms with Crippen LogP contribution in [0.4, 0.5) is 22.0 Å². The van der Waals surface area contributed by atoms with Crippen molar-refractivity contribution in [1.29, 1.82) is 5.26 Å². The number of benzene rings is 3. The molecule has 1 atom stereocenters. The molecule has 0 amide bonds. The Bertz CT molecular complexity index is 1430. The molecule has 0 aliphatic carbocycles. The Balaban J connectivity index is 1.93. The molecule has 1 heterocycles.